The smallest absolute Gasteiger partial charge is 0.315 e. The molecule has 1 saturated carbocycles. The molecule has 3 N–H and O–H groups in total. The van der Waals surface area contributed by atoms with E-state index in [4.69, 9.17) is 0 Å². The first-order valence-corrected chi connectivity index (χ1v) is 8.60. The van der Waals surface area contributed by atoms with Crippen LogP contribution in [0.25, 0.3) is 0 Å². The number of fused-ring (bicyclic) bond motifs is 1. The van der Waals surface area contributed by atoms with Crippen molar-refractivity contribution < 1.29 is 9.90 Å². The molecule has 0 spiro atoms. The van der Waals surface area contributed by atoms with E-state index in [1.165, 1.54) is 0 Å². The molecule has 1 fully saturated rings. The second kappa shape index (κ2) is 6.29. The van der Waals surface area contributed by atoms with Gasteiger partial charge in [0.2, 0.25) is 0 Å². The summed E-state index contributed by atoms with van der Waals surface area (Å²) in [7, 11) is 0. The van der Waals surface area contributed by atoms with Crippen molar-refractivity contribution in [1.82, 2.24) is 10.6 Å². The second-order valence-corrected chi connectivity index (χ2v) is 6.79. The minimum absolute atomic E-state index is 0.0417. The maximum Gasteiger partial charge on any atom is 0.315 e. The Kier molecular flexibility index (Phi) is 3.98. The number of hydrogen-bond donors (Lipinski definition) is 3. The fourth-order valence-electron chi connectivity index (χ4n) is 3.64. The van der Waals surface area contributed by atoms with E-state index in [0.29, 0.717) is 12.3 Å². The first-order valence-electron chi connectivity index (χ1n) is 8.60. The van der Waals surface area contributed by atoms with E-state index in [9.17, 15) is 9.90 Å². The SMILES string of the molecule is O=C(NC(c1ccccc1)C1CC1)N[C@@H]1c2ccccc2C[C@@H]1O. The van der Waals surface area contributed by atoms with Gasteiger partial charge in [-0.3, -0.25) is 0 Å². The number of hydrogen-bond acceptors (Lipinski definition) is 2. The Hall–Kier alpha value is -2.33. The van der Waals surface area contributed by atoms with Crippen LogP contribution in [-0.2, 0) is 6.42 Å². The molecule has 2 aromatic rings. The summed E-state index contributed by atoms with van der Waals surface area (Å²) in [6, 6.07) is 17.5. The van der Waals surface area contributed by atoms with Crippen molar-refractivity contribution in [1.29, 1.82) is 0 Å². The van der Waals surface area contributed by atoms with Crippen LogP contribution in [0.15, 0.2) is 54.6 Å². The minimum atomic E-state index is -0.566. The summed E-state index contributed by atoms with van der Waals surface area (Å²) in [5.74, 6) is 0.513. The molecular weight excluding hydrogens is 300 g/mol. The van der Waals surface area contributed by atoms with Crippen molar-refractivity contribution in [2.75, 3.05) is 0 Å². The van der Waals surface area contributed by atoms with Crippen molar-refractivity contribution in [2.24, 2.45) is 5.92 Å². The molecule has 124 valence electrons. The van der Waals surface area contributed by atoms with Crippen LogP contribution in [0, 0.1) is 5.92 Å². The van der Waals surface area contributed by atoms with Crippen LogP contribution >= 0.6 is 0 Å². The molecule has 0 heterocycles. The number of aliphatic hydroxyl groups is 1. The zero-order valence-electron chi connectivity index (χ0n) is 13.5. The Morgan fingerprint density at radius 2 is 1.75 bits per heavy atom. The van der Waals surface area contributed by atoms with Gasteiger partial charge in [-0.1, -0.05) is 54.6 Å². The van der Waals surface area contributed by atoms with Gasteiger partial charge in [0.1, 0.15) is 0 Å². The second-order valence-electron chi connectivity index (χ2n) is 6.79. The summed E-state index contributed by atoms with van der Waals surface area (Å²) in [6.07, 6.45) is 2.32. The molecule has 4 heteroatoms. The average molecular weight is 322 g/mol. The first kappa shape index (κ1) is 15.2. The summed E-state index contributed by atoms with van der Waals surface area (Å²) in [4.78, 5) is 12.5. The van der Waals surface area contributed by atoms with Gasteiger partial charge in [0, 0.05) is 6.42 Å². The quantitative estimate of drug-likeness (QED) is 0.810. The molecule has 4 rings (SSSR count). The maximum atomic E-state index is 12.5. The van der Waals surface area contributed by atoms with Crippen molar-refractivity contribution in [2.45, 2.75) is 37.5 Å². The summed E-state index contributed by atoms with van der Waals surface area (Å²) < 4.78 is 0. The Morgan fingerprint density at radius 3 is 2.50 bits per heavy atom. The molecule has 0 bridgehead atoms. The topological polar surface area (TPSA) is 61.4 Å². The molecule has 4 nitrogen and oxygen atoms in total. The fraction of sp³-hybridized carbons (Fsp3) is 0.350. The maximum absolute atomic E-state index is 12.5. The van der Waals surface area contributed by atoms with Gasteiger partial charge in [0.25, 0.3) is 0 Å². The molecular formula is C20H22N2O2. The van der Waals surface area contributed by atoms with Crippen LogP contribution in [0.2, 0.25) is 0 Å². The summed E-state index contributed by atoms with van der Waals surface area (Å²) >= 11 is 0. The molecule has 0 aromatic heterocycles. The van der Waals surface area contributed by atoms with Gasteiger partial charge in [-0.05, 0) is 35.4 Å². The highest BCUT2D eigenvalue weighted by Gasteiger charge is 2.35. The lowest BCUT2D eigenvalue weighted by molar-refractivity contribution is 0.141. The molecule has 3 atom stereocenters. The van der Waals surface area contributed by atoms with Gasteiger partial charge in [-0.15, -0.1) is 0 Å². The highest BCUT2D eigenvalue weighted by atomic mass is 16.3. The third-order valence-electron chi connectivity index (χ3n) is 5.03. The van der Waals surface area contributed by atoms with E-state index in [1.54, 1.807) is 0 Å². The van der Waals surface area contributed by atoms with E-state index in [2.05, 4.69) is 22.8 Å². The van der Waals surface area contributed by atoms with Gasteiger partial charge < -0.3 is 15.7 Å². The van der Waals surface area contributed by atoms with E-state index < -0.39 is 6.10 Å². The average Bonchev–Trinajstić information content (AvgIpc) is 3.39. The summed E-state index contributed by atoms with van der Waals surface area (Å²) in [5, 5.41) is 16.4. The number of nitrogens with one attached hydrogen (secondary N) is 2. The van der Waals surface area contributed by atoms with Gasteiger partial charge >= 0.3 is 6.03 Å². The summed E-state index contributed by atoms with van der Waals surface area (Å²) in [5.41, 5.74) is 3.27. The predicted octanol–water partition coefficient (Wildman–Crippen LogP) is 3.10. The monoisotopic (exact) mass is 322 g/mol. The van der Waals surface area contributed by atoms with Gasteiger partial charge in [0.05, 0.1) is 18.2 Å². The number of amides is 2. The van der Waals surface area contributed by atoms with Crippen LogP contribution in [0.4, 0.5) is 4.79 Å². The van der Waals surface area contributed by atoms with Gasteiger partial charge in [0.15, 0.2) is 0 Å². The van der Waals surface area contributed by atoms with Crippen LogP contribution in [0.3, 0.4) is 0 Å². The number of rotatable bonds is 4. The Bertz CT molecular complexity index is 721. The lowest BCUT2D eigenvalue weighted by atomic mass is 10.0. The van der Waals surface area contributed by atoms with Crippen molar-refractivity contribution >= 4 is 6.03 Å². The zero-order chi connectivity index (χ0) is 16.5. The molecule has 1 unspecified atom stereocenters. The third kappa shape index (κ3) is 3.02. The standard InChI is InChI=1S/C20H22N2O2/c23-17-12-15-8-4-5-9-16(15)19(17)22-20(24)21-18(14-10-11-14)13-6-2-1-3-7-13/h1-9,14,17-19,23H,10-12H2,(H2,21,22,24)/t17-,18?,19+/m0/s1. The van der Waals surface area contributed by atoms with Crippen molar-refractivity contribution in [3.05, 3.63) is 71.3 Å². The van der Waals surface area contributed by atoms with E-state index in [1.807, 2.05) is 42.5 Å². The number of aliphatic hydroxyl groups excluding tert-OH is 1. The number of urea groups is 1. The zero-order valence-corrected chi connectivity index (χ0v) is 13.5. The number of carbonyl (C=O) groups is 1. The Balaban J connectivity index is 1.46. The fourth-order valence-corrected chi connectivity index (χ4v) is 3.64. The molecule has 2 aliphatic carbocycles. The predicted molar refractivity (Wildman–Crippen MR) is 92.5 cm³/mol. The van der Waals surface area contributed by atoms with Crippen LogP contribution in [-0.4, -0.2) is 17.2 Å². The molecule has 0 saturated heterocycles. The van der Waals surface area contributed by atoms with Gasteiger partial charge in [-0.25, -0.2) is 4.79 Å². The molecule has 24 heavy (non-hydrogen) atoms. The van der Waals surface area contributed by atoms with E-state index in [-0.39, 0.29) is 18.1 Å². The molecule has 0 radical (unpaired) electrons. The molecule has 2 aliphatic rings. The van der Waals surface area contributed by atoms with Crippen LogP contribution in [0.5, 0.6) is 0 Å². The largest absolute Gasteiger partial charge is 0.390 e. The highest BCUT2D eigenvalue weighted by molar-refractivity contribution is 5.75. The molecule has 0 aliphatic heterocycles. The number of carbonyl (C=O) groups excluding carboxylic acids is 1. The molecule has 2 amide bonds. The Morgan fingerprint density at radius 1 is 1.04 bits per heavy atom. The summed E-state index contributed by atoms with van der Waals surface area (Å²) in [6.45, 7) is 0. The van der Waals surface area contributed by atoms with Crippen LogP contribution < -0.4 is 10.6 Å². The first-order chi connectivity index (χ1) is 11.7. The van der Waals surface area contributed by atoms with E-state index >= 15 is 0 Å². The van der Waals surface area contributed by atoms with Gasteiger partial charge in [-0.2, -0.15) is 0 Å². The molecule has 2 aromatic carbocycles. The number of benzene rings is 2. The van der Waals surface area contributed by atoms with Crippen molar-refractivity contribution in [3.8, 4) is 0 Å². The lowest BCUT2D eigenvalue weighted by Crippen LogP contribution is -2.42. The normalized spacial score (nSPS) is 23.4. The highest BCUT2D eigenvalue weighted by Crippen LogP contribution is 2.41. The lowest BCUT2D eigenvalue weighted by Gasteiger charge is -2.23. The van der Waals surface area contributed by atoms with Crippen molar-refractivity contribution in [3.63, 3.8) is 0 Å². The minimum Gasteiger partial charge on any atom is -0.390 e. The third-order valence-corrected chi connectivity index (χ3v) is 5.03. The van der Waals surface area contributed by atoms with Crippen LogP contribution in [0.1, 0.15) is 41.6 Å². The Labute approximate surface area is 141 Å². The van der Waals surface area contributed by atoms with E-state index in [0.717, 1.165) is 29.5 Å².